The second kappa shape index (κ2) is 15.4. The number of unbranched alkanes of at least 4 members (excludes halogenated alkanes) is 12. The van der Waals surface area contributed by atoms with Gasteiger partial charge in [-0.3, -0.25) is 0 Å². The van der Waals surface area contributed by atoms with Gasteiger partial charge >= 0.3 is 0 Å². The summed E-state index contributed by atoms with van der Waals surface area (Å²) in [6.45, 7) is 10.5. The van der Waals surface area contributed by atoms with Gasteiger partial charge in [0, 0.05) is 30.9 Å². The van der Waals surface area contributed by atoms with Crippen LogP contribution in [0.15, 0.2) is 12.2 Å². The van der Waals surface area contributed by atoms with Gasteiger partial charge in [0.2, 0.25) is 0 Å². The zero-order chi connectivity index (χ0) is 22.3. The van der Waals surface area contributed by atoms with Gasteiger partial charge in [-0.15, -0.1) is 0 Å². The van der Waals surface area contributed by atoms with Crippen LogP contribution in [-0.2, 0) is 13.0 Å². The first-order chi connectivity index (χ1) is 15.2. The molecular formula is C30H50N+. The van der Waals surface area contributed by atoms with Gasteiger partial charge in [-0.05, 0) is 38.2 Å². The second-order valence-corrected chi connectivity index (χ2v) is 9.66. The number of hydrogen-bond donors (Lipinski definition) is 0. The molecule has 0 bridgehead atoms. The lowest BCUT2D eigenvalue weighted by molar-refractivity contribution is -0.696. The third kappa shape index (κ3) is 8.59. The van der Waals surface area contributed by atoms with Crippen LogP contribution < -0.4 is 4.57 Å². The van der Waals surface area contributed by atoms with Crippen LogP contribution in [0.4, 0.5) is 0 Å². The molecular weight excluding hydrogens is 374 g/mol. The zero-order valence-electron chi connectivity index (χ0n) is 21.3. The third-order valence-corrected chi connectivity index (χ3v) is 7.05. The molecule has 0 atom stereocenters. The van der Waals surface area contributed by atoms with Crippen molar-refractivity contribution in [1.82, 2.24) is 0 Å². The minimum atomic E-state index is 1.19. The molecule has 0 unspecified atom stereocenters. The molecule has 0 spiro atoms. The Morgan fingerprint density at radius 1 is 0.677 bits per heavy atom. The maximum Gasteiger partial charge on any atom is 0.189 e. The van der Waals surface area contributed by atoms with Crippen molar-refractivity contribution >= 4 is 12.2 Å². The van der Waals surface area contributed by atoms with Crippen molar-refractivity contribution in [3.8, 4) is 0 Å². The van der Waals surface area contributed by atoms with Crippen molar-refractivity contribution in [2.75, 3.05) is 0 Å². The first kappa shape index (κ1) is 25.9. The molecule has 0 fully saturated rings. The average molecular weight is 425 g/mol. The van der Waals surface area contributed by atoms with Gasteiger partial charge in [-0.25, -0.2) is 0 Å². The highest BCUT2D eigenvalue weighted by Gasteiger charge is 2.28. The molecule has 2 rings (SSSR count). The quantitative estimate of drug-likeness (QED) is 0.184. The molecule has 1 aromatic rings. The van der Waals surface area contributed by atoms with Crippen molar-refractivity contribution in [1.29, 1.82) is 0 Å². The monoisotopic (exact) mass is 424 g/mol. The van der Waals surface area contributed by atoms with Crippen LogP contribution in [0.2, 0.25) is 0 Å². The average Bonchev–Trinajstić information content (AvgIpc) is 3.26. The summed E-state index contributed by atoms with van der Waals surface area (Å²) in [6, 6.07) is 0. The summed E-state index contributed by atoms with van der Waals surface area (Å²) in [5.74, 6) is 0. The number of fused-ring (bicyclic) bond motifs is 1. The molecule has 1 heteroatoms. The minimum Gasteiger partial charge on any atom is -0.199 e. The van der Waals surface area contributed by atoms with Gasteiger partial charge in [0.15, 0.2) is 11.4 Å². The van der Waals surface area contributed by atoms with Crippen molar-refractivity contribution in [2.45, 2.75) is 137 Å². The molecule has 0 amide bonds. The number of nitrogens with zero attached hydrogens (tertiary/aromatic N) is 1. The van der Waals surface area contributed by atoms with E-state index in [4.69, 9.17) is 0 Å². The van der Waals surface area contributed by atoms with Gasteiger partial charge in [0.1, 0.15) is 6.54 Å². The van der Waals surface area contributed by atoms with E-state index in [0.29, 0.717) is 0 Å². The van der Waals surface area contributed by atoms with Gasteiger partial charge in [-0.2, -0.15) is 4.57 Å². The highest BCUT2D eigenvalue weighted by Crippen LogP contribution is 2.26. The Kier molecular flexibility index (Phi) is 12.9. The summed E-state index contributed by atoms with van der Waals surface area (Å²) >= 11 is 0. The van der Waals surface area contributed by atoms with E-state index in [1.165, 1.54) is 132 Å². The maximum absolute atomic E-state index is 2.60. The zero-order valence-corrected chi connectivity index (χ0v) is 21.3. The van der Waals surface area contributed by atoms with Crippen LogP contribution in [0.5, 0.6) is 0 Å². The smallest absolute Gasteiger partial charge is 0.189 e. The Bertz CT molecular complexity index is 695. The number of rotatable bonds is 16. The van der Waals surface area contributed by atoms with Crippen LogP contribution in [0.1, 0.15) is 138 Å². The Morgan fingerprint density at radius 3 is 1.77 bits per heavy atom. The molecule has 2 heterocycles. The Balaban J connectivity index is 1.96. The lowest BCUT2D eigenvalue weighted by atomic mass is 9.97. The van der Waals surface area contributed by atoms with Crippen molar-refractivity contribution in [3.63, 3.8) is 0 Å². The molecule has 0 radical (unpaired) electrons. The Morgan fingerprint density at radius 2 is 1.19 bits per heavy atom. The first-order valence-electron chi connectivity index (χ1n) is 13.6. The summed E-state index contributed by atoms with van der Waals surface area (Å²) in [7, 11) is 0. The molecule has 0 N–H and O–H groups in total. The highest BCUT2D eigenvalue weighted by atomic mass is 15.0. The van der Waals surface area contributed by atoms with Crippen LogP contribution in [0, 0.1) is 13.8 Å². The van der Waals surface area contributed by atoms with Crippen LogP contribution in [0.25, 0.3) is 12.2 Å². The Hall–Kier alpha value is -1.37. The van der Waals surface area contributed by atoms with E-state index in [1.54, 1.807) is 5.69 Å². The summed E-state index contributed by atoms with van der Waals surface area (Å²) in [6.07, 6.45) is 31.3. The fourth-order valence-electron chi connectivity index (χ4n) is 5.06. The molecule has 1 aromatic heterocycles. The van der Waals surface area contributed by atoms with Crippen molar-refractivity contribution in [3.05, 3.63) is 40.2 Å². The van der Waals surface area contributed by atoms with Gasteiger partial charge < -0.3 is 0 Å². The molecule has 0 aliphatic carbocycles. The SMILES string of the molecule is CCCCCCCC/C=C\c1c(C)c(/C=C/CCCCCCCC)c(C)[n+]2c1CCC2. The van der Waals surface area contributed by atoms with Crippen LogP contribution in [-0.4, -0.2) is 0 Å². The van der Waals surface area contributed by atoms with E-state index in [2.05, 4.69) is 56.6 Å². The Labute approximate surface area is 194 Å². The maximum atomic E-state index is 2.60. The fraction of sp³-hybridized carbons (Fsp3) is 0.700. The molecule has 1 aliphatic heterocycles. The predicted octanol–water partition coefficient (Wildman–Crippen LogP) is 9.06. The summed E-state index contributed by atoms with van der Waals surface area (Å²) < 4.78 is 2.60. The molecule has 0 aromatic carbocycles. The third-order valence-electron chi connectivity index (χ3n) is 7.05. The van der Waals surface area contributed by atoms with Crippen molar-refractivity contribution < 1.29 is 4.57 Å². The first-order valence-corrected chi connectivity index (χ1v) is 13.6. The largest absolute Gasteiger partial charge is 0.199 e. The van der Waals surface area contributed by atoms with E-state index in [0.717, 1.165) is 0 Å². The van der Waals surface area contributed by atoms with Gasteiger partial charge in [-0.1, -0.05) is 102 Å². The van der Waals surface area contributed by atoms with Crippen LogP contribution in [0.3, 0.4) is 0 Å². The van der Waals surface area contributed by atoms with E-state index >= 15 is 0 Å². The molecule has 1 nitrogen and oxygen atoms in total. The van der Waals surface area contributed by atoms with E-state index in [9.17, 15) is 0 Å². The number of aromatic nitrogens is 1. The second-order valence-electron chi connectivity index (χ2n) is 9.66. The van der Waals surface area contributed by atoms with Gasteiger partial charge in [0.05, 0.1) is 0 Å². The minimum absolute atomic E-state index is 1.19. The lowest BCUT2D eigenvalue weighted by Crippen LogP contribution is -2.38. The highest BCUT2D eigenvalue weighted by molar-refractivity contribution is 5.64. The molecule has 174 valence electrons. The number of pyridine rings is 1. The molecule has 1 aliphatic rings. The van der Waals surface area contributed by atoms with Crippen molar-refractivity contribution in [2.24, 2.45) is 0 Å². The normalized spacial score (nSPS) is 13.7. The van der Waals surface area contributed by atoms with Gasteiger partial charge in [0.25, 0.3) is 0 Å². The van der Waals surface area contributed by atoms with Crippen LogP contribution >= 0.6 is 0 Å². The van der Waals surface area contributed by atoms with E-state index in [1.807, 2.05) is 0 Å². The summed E-state index contributed by atoms with van der Waals surface area (Å²) in [5, 5.41) is 0. The fourth-order valence-corrected chi connectivity index (χ4v) is 5.06. The topological polar surface area (TPSA) is 3.88 Å². The summed E-state index contributed by atoms with van der Waals surface area (Å²) in [4.78, 5) is 0. The van der Waals surface area contributed by atoms with E-state index < -0.39 is 0 Å². The number of allylic oxidation sites excluding steroid dienone is 2. The standard InChI is InChI=1S/C30H50N/c1-5-7-9-11-13-15-17-19-22-28-26(3)29(30-24-21-25-31(30)27(28)4)23-20-18-16-14-12-10-8-6-2/h19-20,22-23H,5-18,21,24-25H2,1-4H3/q+1/b22-19+,23-20-. The van der Waals surface area contributed by atoms with E-state index in [-0.39, 0.29) is 0 Å². The number of hydrogen-bond acceptors (Lipinski definition) is 0. The summed E-state index contributed by atoms with van der Waals surface area (Å²) in [5.41, 5.74) is 7.51. The molecule has 0 saturated heterocycles. The lowest BCUT2D eigenvalue weighted by Gasteiger charge is -2.11. The predicted molar refractivity (Wildman–Crippen MR) is 138 cm³/mol. The molecule has 0 saturated carbocycles. The molecule has 31 heavy (non-hydrogen) atoms.